The predicted molar refractivity (Wildman–Crippen MR) is 86.4 cm³/mol. The van der Waals surface area contributed by atoms with Crippen LogP contribution in [0.4, 0.5) is 0 Å². The molecule has 2 aromatic heterocycles. The smallest absolute Gasteiger partial charge is 0.256 e. The molecule has 0 radical (unpaired) electrons. The van der Waals surface area contributed by atoms with Gasteiger partial charge in [0.05, 0.1) is 17.8 Å². The molecule has 0 aromatic carbocycles. The fraction of sp³-hybridized carbons (Fsp3) is 0.600. The summed E-state index contributed by atoms with van der Waals surface area (Å²) in [6.45, 7) is 8.38. The van der Waals surface area contributed by atoms with E-state index >= 15 is 0 Å². The van der Waals surface area contributed by atoms with Crippen molar-refractivity contribution in [2.45, 2.75) is 39.4 Å². The molecule has 2 aromatic rings. The molecule has 0 aliphatic carbocycles. The van der Waals surface area contributed by atoms with Crippen molar-refractivity contribution >= 4 is 17.4 Å². The summed E-state index contributed by atoms with van der Waals surface area (Å²) < 4.78 is 6.42. The lowest BCUT2D eigenvalue weighted by atomic mass is 10.0. The van der Waals surface area contributed by atoms with Crippen LogP contribution >= 0.6 is 11.5 Å². The molecule has 4 rings (SSSR count). The van der Waals surface area contributed by atoms with Gasteiger partial charge in [0.25, 0.3) is 5.91 Å². The molecule has 122 valence electrons. The van der Waals surface area contributed by atoms with Crippen LogP contribution in [0.1, 0.15) is 34.6 Å². The van der Waals surface area contributed by atoms with Gasteiger partial charge in [0.2, 0.25) is 0 Å². The van der Waals surface area contributed by atoms with E-state index in [1.807, 2.05) is 17.2 Å². The highest BCUT2D eigenvalue weighted by molar-refractivity contribution is 7.03. The maximum absolute atomic E-state index is 12.4. The van der Waals surface area contributed by atoms with Crippen LogP contribution in [0.2, 0.25) is 0 Å². The van der Waals surface area contributed by atoms with E-state index in [4.69, 9.17) is 0 Å². The fourth-order valence-electron chi connectivity index (χ4n) is 3.33. The molecule has 0 spiro atoms. The molecule has 1 saturated heterocycles. The summed E-state index contributed by atoms with van der Waals surface area (Å²) >= 11 is 1.35. The third kappa shape index (κ3) is 2.46. The average molecular weight is 332 g/mol. The van der Waals surface area contributed by atoms with Gasteiger partial charge in [-0.1, -0.05) is 6.92 Å². The van der Waals surface area contributed by atoms with Crippen LogP contribution in [0, 0.1) is 6.92 Å². The van der Waals surface area contributed by atoms with Gasteiger partial charge in [0.1, 0.15) is 11.6 Å². The zero-order valence-electron chi connectivity index (χ0n) is 13.4. The van der Waals surface area contributed by atoms with Crippen LogP contribution in [0.15, 0.2) is 5.38 Å². The second kappa shape index (κ2) is 5.68. The van der Waals surface area contributed by atoms with E-state index in [0.717, 1.165) is 62.1 Å². The molecule has 4 heterocycles. The summed E-state index contributed by atoms with van der Waals surface area (Å²) in [5.41, 5.74) is 1.58. The first-order chi connectivity index (χ1) is 11.2. The second-order valence-corrected chi connectivity index (χ2v) is 6.81. The number of hydrogen-bond donors (Lipinski definition) is 0. The number of aryl methyl sites for hydroxylation is 2. The summed E-state index contributed by atoms with van der Waals surface area (Å²) in [7, 11) is 0. The Morgan fingerprint density at radius 3 is 2.87 bits per heavy atom. The van der Waals surface area contributed by atoms with E-state index in [9.17, 15) is 4.79 Å². The van der Waals surface area contributed by atoms with E-state index < -0.39 is 0 Å². The van der Waals surface area contributed by atoms with E-state index in [2.05, 4.69) is 31.0 Å². The van der Waals surface area contributed by atoms with Crippen molar-refractivity contribution in [2.24, 2.45) is 0 Å². The van der Waals surface area contributed by atoms with Crippen molar-refractivity contribution in [1.82, 2.24) is 28.9 Å². The first-order valence-electron chi connectivity index (χ1n) is 8.02. The quantitative estimate of drug-likeness (QED) is 0.837. The van der Waals surface area contributed by atoms with Crippen LogP contribution in [-0.2, 0) is 19.5 Å². The summed E-state index contributed by atoms with van der Waals surface area (Å²) in [6.07, 6.45) is 0.923. The molecule has 0 atom stereocenters. The Labute approximate surface area is 139 Å². The Bertz CT molecular complexity index is 732. The van der Waals surface area contributed by atoms with E-state index in [1.165, 1.54) is 11.5 Å². The van der Waals surface area contributed by atoms with Gasteiger partial charge < -0.3 is 9.47 Å². The molecule has 0 N–H and O–H groups in total. The lowest BCUT2D eigenvalue weighted by molar-refractivity contribution is 0.0165. The van der Waals surface area contributed by atoms with Gasteiger partial charge in [-0.05, 0) is 18.5 Å². The number of aromatic nitrogens is 4. The maximum atomic E-state index is 12.4. The largest absolute Gasteiger partial charge is 0.335 e. The Kier molecular flexibility index (Phi) is 3.65. The summed E-state index contributed by atoms with van der Waals surface area (Å²) in [5.74, 6) is 2.24. The summed E-state index contributed by atoms with van der Waals surface area (Å²) in [4.78, 5) is 16.8. The lowest BCUT2D eigenvalue weighted by Gasteiger charge is -2.46. The van der Waals surface area contributed by atoms with Gasteiger partial charge in [-0.25, -0.2) is 0 Å². The van der Waals surface area contributed by atoms with Crippen molar-refractivity contribution in [3.63, 3.8) is 0 Å². The number of hydrogen-bond acceptors (Lipinski definition) is 6. The topological polar surface area (TPSA) is 67.2 Å². The predicted octanol–water partition coefficient (Wildman–Crippen LogP) is 0.946. The van der Waals surface area contributed by atoms with Crippen molar-refractivity contribution in [2.75, 3.05) is 19.6 Å². The van der Waals surface area contributed by atoms with E-state index in [1.54, 1.807) is 0 Å². The van der Waals surface area contributed by atoms with Gasteiger partial charge >= 0.3 is 0 Å². The number of nitrogens with zero attached hydrogens (tertiary/aromatic N) is 6. The monoisotopic (exact) mass is 332 g/mol. The molecule has 2 aliphatic heterocycles. The van der Waals surface area contributed by atoms with Crippen LogP contribution < -0.4 is 0 Å². The van der Waals surface area contributed by atoms with E-state index in [0.29, 0.717) is 6.04 Å². The lowest BCUT2D eigenvalue weighted by Crippen LogP contribution is -2.62. The van der Waals surface area contributed by atoms with Crippen molar-refractivity contribution in [1.29, 1.82) is 0 Å². The Balaban J connectivity index is 1.38. The van der Waals surface area contributed by atoms with Gasteiger partial charge in [0, 0.05) is 44.0 Å². The molecule has 8 heteroatoms. The maximum Gasteiger partial charge on any atom is 0.256 e. The van der Waals surface area contributed by atoms with E-state index in [-0.39, 0.29) is 5.91 Å². The van der Waals surface area contributed by atoms with Crippen LogP contribution in [0.3, 0.4) is 0 Å². The highest BCUT2D eigenvalue weighted by Crippen LogP contribution is 2.23. The molecular weight excluding hydrogens is 312 g/mol. The highest BCUT2D eigenvalue weighted by Gasteiger charge is 2.37. The number of fused-ring (bicyclic) bond motifs is 1. The van der Waals surface area contributed by atoms with Crippen LogP contribution in [-0.4, -0.2) is 60.5 Å². The molecule has 0 saturated carbocycles. The zero-order valence-corrected chi connectivity index (χ0v) is 14.2. The normalized spacial score (nSPS) is 18.8. The molecule has 0 unspecified atom stereocenters. The fourth-order valence-corrected chi connectivity index (χ4v) is 4.02. The third-order valence-corrected chi connectivity index (χ3v) is 5.54. The molecule has 23 heavy (non-hydrogen) atoms. The van der Waals surface area contributed by atoms with Crippen molar-refractivity contribution in [3.05, 3.63) is 28.3 Å². The van der Waals surface area contributed by atoms with Gasteiger partial charge in [-0.3, -0.25) is 9.69 Å². The molecule has 0 bridgehead atoms. The van der Waals surface area contributed by atoms with Gasteiger partial charge in [0.15, 0.2) is 0 Å². The second-order valence-electron chi connectivity index (χ2n) is 6.19. The summed E-state index contributed by atoms with van der Waals surface area (Å²) in [5, 5.41) is 10.4. The Morgan fingerprint density at radius 2 is 2.17 bits per heavy atom. The minimum atomic E-state index is 0.112. The number of carbonyl (C=O) groups excluding carboxylic acids is 1. The number of rotatable bonds is 3. The first kappa shape index (κ1) is 14.8. The number of amides is 1. The highest BCUT2D eigenvalue weighted by atomic mass is 32.1. The van der Waals surface area contributed by atoms with Gasteiger partial charge in [-0.15, -0.1) is 10.2 Å². The van der Waals surface area contributed by atoms with Gasteiger partial charge in [-0.2, -0.15) is 4.37 Å². The zero-order chi connectivity index (χ0) is 16.0. The molecule has 7 nitrogen and oxygen atoms in total. The molecular formula is C15H20N6OS. The Morgan fingerprint density at radius 1 is 1.35 bits per heavy atom. The minimum absolute atomic E-state index is 0.112. The summed E-state index contributed by atoms with van der Waals surface area (Å²) in [6, 6.07) is 0.432. The van der Waals surface area contributed by atoms with Crippen molar-refractivity contribution < 1.29 is 4.79 Å². The Hall–Kier alpha value is -1.80. The average Bonchev–Trinajstić information content (AvgIpc) is 3.11. The molecule has 1 amide bonds. The molecule has 2 aliphatic rings. The van der Waals surface area contributed by atoms with Crippen LogP contribution in [0.25, 0.3) is 0 Å². The van der Waals surface area contributed by atoms with Crippen LogP contribution in [0.5, 0.6) is 0 Å². The first-order valence-corrected chi connectivity index (χ1v) is 8.86. The van der Waals surface area contributed by atoms with Crippen molar-refractivity contribution in [3.8, 4) is 0 Å². The molecule has 1 fully saturated rings. The standard InChI is InChI=1S/C15H20N6OS/c1-3-13-16-17-14-8-19(4-5-21(13)14)11-6-20(7-11)15(22)12-9-23-18-10(12)2/h9,11H,3-8H2,1-2H3. The number of likely N-dealkylation sites (tertiary alicyclic amines) is 1. The SMILES string of the molecule is CCc1nnc2n1CCN(C1CN(C(=O)c3csnc3C)C1)C2. The minimum Gasteiger partial charge on any atom is -0.335 e. The number of carbonyl (C=O) groups is 1. The third-order valence-electron chi connectivity index (χ3n) is 4.82.